The van der Waals surface area contributed by atoms with E-state index in [1.807, 2.05) is 20.8 Å². The first kappa shape index (κ1) is 14.9. The molecule has 2 unspecified atom stereocenters. The van der Waals surface area contributed by atoms with E-state index in [0.717, 1.165) is 0 Å². The summed E-state index contributed by atoms with van der Waals surface area (Å²) < 4.78 is 5.41. The molecule has 1 N–H and O–H groups in total. The zero-order chi connectivity index (χ0) is 13.8. The van der Waals surface area contributed by atoms with Gasteiger partial charge in [0.15, 0.2) is 0 Å². The molecule has 5 heteroatoms. The summed E-state index contributed by atoms with van der Waals surface area (Å²) in [6, 6.07) is 2.12. The van der Waals surface area contributed by atoms with Crippen LogP contribution in [0.5, 0.6) is 0 Å². The molecule has 102 valence electrons. The van der Waals surface area contributed by atoms with Crippen molar-refractivity contribution in [2.24, 2.45) is 5.41 Å². The molecular weight excluding hydrogens is 232 g/mol. The van der Waals surface area contributed by atoms with Crippen LogP contribution in [0.15, 0.2) is 0 Å². The van der Waals surface area contributed by atoms with Crippen LogP contribution >= 0.6 is 0 Å². The molecule has 0 radical (unpaired) electrons. The molecule has 0 saturated carbocycles. The summed E-state index contributed by atoms with van der Waals surface area (Å²) in [5.41, 5.74) is -0.939. The fourth-order valence-electron chi connectivity index (χ4n) is 2.24. The number of hydrogen-bond acceptors (Lipinski definition) is 4. The maximum Gasteiger partial charge on any atom is 0.243 e. The third kappa shape index (κ3) is 2.65. The van der Waals surface area contributed by atoms with Crippen molar-refractivity contribution >= 4 is 5.91 Å². The molecule has 5 nitrogen and oxygen atoms in total. The van der Waals surface area contributed by atoms with Crippen molar-refractivity contribution in [2.75, 3.05) is 19.8 Å². The SMILES string of the molecule is CCC(C#N)(CC)C(=O)N1CC(CO)OCC1C. The van der Waals surface area contributed by atoms with Gasteiger partial charge in [-0.1, -0.05) is 13.8 Å². The van der Waals surface area contributed by atoms with Gasteiger partial charge in [-0.2, -0.15) is 5.26 Å². The van der Waals surface area contributed by atoms with E-state index in [-0.39, 0.29) is 24.7 Å². The van der Waals surface area contributed by atoms with Gasteiger partial charge in [0.05, 0.1) is 31.4 Å². The zero-order valence-corrected chi connectivity index (χ0v) is 11.3. The molecule has 1 saturated heterocycles. The van der Waals surface area contributed by atoms with E-state index in [1.165, 1.54) is 0 Å². The topological polar surface area (TPSA) is 73.6 Å². The molecule has 2 atom stereocenters. The average Bonchev–Trinajstić information content (AvgIpc) is 2.41. The number of nitrogens with zero attached hydrogens (tertiary/aromatic N) is 2. The molecule has 1 aliphatic rings. The number of aliphatic hydroxyl groups excluding tert-OH is 1. The van der Waals surface area contributed by atoms with Crippen molar-refractivity contribution in [3.8, 4) is 6.07 Å². The highest BCUT2D eigenvalue weighted by Crippen LogP contribution is 2.30. The van der Waals surface area contributed by atoms with Crippen molar-refractivity contribution in [3.05, 3.63) is 0 Å². The second-order valence-electron chi connectivity index (χ2n) is 4.85. The highest BCUT2D eigenvalue weighted by Gasteiger charge is 2.42. The quantitative estimate of drug-likeness (QED) is 0.809. The molecule has 0 aromatic carbocycles. The third-order valence-corrected chi connectivity index (χ3v) is 3.80. The Hall–Kier alpha value is -1.12. The maximum absolute atomic E-state index is 12.6. The normalized spacial score (nSPS) is 24.7. The second kappa shape index (κ2) is 6.17. The van der Waals surface area contributed by atoms with Gasteiger partial charge in [0.25, 0.3) is 0 Å². The van der Waals surface area contributed by atoms with Crippen molar-refractivity contribution in [1.82, 2.24) is 4.90 Å². The summed E-state index contributed by atoms with van der Waals surface area (Å²) in [4.78, 5) is 14.2. The van der Waals surface area contributed by atoms with Gasteiger partial charge < -0.3 is 14.7 Å². The molecule has 1 heterocycles. The van der Waals surface area contributed by atoms with Gasteiger partial charge in [0.1, 0.15) is 5.41 Å². The number of amides is 1. The van der Waals surface area contributed by atoms with Gasteiger partial charge >= 0.3 is 0 Å². The van der Waals surface area contributed by atoms with Gasteiger partial charge in [-0.3, -0.25) is 4.79 Å². The summed E-state index contributed by atoms with van der Waals surface area (Å²) in [6.07, 6.45) is 0.676. The number of carbonyl (C=O) groups excluding carboxylic acids is 1. The van der Waals surface area contributed by atoms with Gasteiger partial charge in [-0.05, 0) is 19.8 Å². The minimum Gasteiger partial charge on any atom is -0.394 e. The van der Waals surface area contributed by atoms with Crippen LogP contribution in [-0.2, 0) is 9.53 Å². The number of aliphatic hydroxyl groups is 1. The molecule has 1 amide bonds. The summed E-state index contributed by atoms with van der Waals surface area (Å²) >= 11 is 0. The Morgan fingerprint density at radius 3 is 2.61 bits per heavy atom. The Bertz CT molecular complexity index is 334. The van der Waals surface area contributed by atoms with Crippen LogP contribution in [0.4, 0.5) is 0 Å². The second-order valence-corrected chi connectivity index (χ2v) is 4.85. The standard InChI is InChI=1S/C13H22N2O3/c1-4-13(5-2,9-14)12(17)15-6-11(7-16)18-8-10(15)3/h10-11,16H,4-8H2,1-3H3. The van der Waals surface area contributed by atoms with Crippen LogP contribution in [0.2, 0.25) is 0 Å². The van der Waals surface area contributed by atoms with E-state index in [1.54, 1.807) is 4.90 Å². The highest BCUT2D eigenvalue weighted by molar-refractivity contribution is 5.85. The van der Waals surface area contributed by atoms with Crippen LogP contribution in [-0.4, -0.2) is 47.8 Å². The number of nitriles is 1. The van der Waals surface area contributed by atoms with Gasteiger partial charge in [-0.15, -0.1) is 0 Å². The van der Waals surface area contributed by atoms with E-state index in [0.29, 0.717) is 26.0 Å². The lowest BCUT2D eigenvalue weighted by molar-refractivity contribution is -0.154. The number of morpholine rings is 1. The van der Waals surface area contributed by atoms with Gasteiger partial charge in [0.2, 0.25) is 5.91 Å². The molecule has 0 aromatic heterocycles. The predicted molar refractivity (Wildman–Crippen MR) is 66.6 cm³/mol. The number of carbonyl (C=O) groups is 1. The molecule has 1 rings (SSSR count). The van der Waals surface area contributed by atoms with Crippen molar-refractivity contribution in [1.29, 1.82) is 5.26 Å². The highest BCUT2D eigenvalue weighted by atomic mass is 16.5. The Morgan fingerprint density at radius 2 is 2.17 bits per heavy atom. The van der Waals surface area contributed by atoms with E-state index < -0.39 is 5.41 Å². The lowest BCUT2D eigenvalue weighted by Gasteiger charge is -2.41. The first-order valence-electron chi connectivity index (χ1n) is 6.49. The summed E-state index contributed by atoms with van der Waals surface area (Å²) in [7, 11) is 0. The molecule has 0 spiro atoms. The monoisotopic (exact) mass is 254 g/mol. The van der Waals surface area contributed by atoms with Crippen LogP contribution in [0.3, 0.4) is 0 Å². The van der Waals surface area contributed by atoms with Crippen LogP contribution in [0.1, 0.15) is 33.6 Å². The number of rotatable bonds is 4. The maximum atomic E-state index is 12.6. The fraction of sp³-hybridized carbons (Fsp3) is 0.846. The van der Waals surface area contributed by atoms with Crippen LogP contribution in [0.25, 0.3) is 0 Å². The molecule has 0 aliphatic carbocycles. The lowest BCUT2D eigenvalue weighted by Crippen LogP contribution is -2.56. The Kier molecular flexibility index (Phi) is 5.12. The van der Waals surface area contributed by atoms with E-state index in [9.17, 15) is 10.1 Å². The molecule has 18 heavy (non-hydrogen) atoms. The Labute approximate surface area is 108 Å². The minimum absolute atomic E-state index is 0.0499. The van der Waals surface area contributed by atoms with Crippen LogP contribution in [0, 0.1) is 16.7 Å². The summed E-state index contributed by atoms with van der Waals surface area (Å²) in [5, 5.41) is 18.4. The van der Waals surface area contributed by atoms with E-state index >= 15 is 0 Å². The minimum atomic E-state index is -0.939. The predicted octanol–water partition coefficient (Wildman–Crippen LogP) is 0.925. The Morgan fingerprint density at radius 1 is 1.56 bits per heavy atom. The number of ether oxygens (including phenoxy) is 1. The zero-order valence-electron chi connectivity index (χ0n) is 11.3. The lowest BCUT2D eigenvalue weighted by atomic mass is 9.82. The van der Waals surface area contributed by atoms with Crippen molar-refractivity contribution < 1.29 is 14.6 Å². The first-order valence-corrected chi connectivity index (χ1v) is 6.49. The summed E-state index contributed by atoms with van der Waals surface area (Å²) in [5.74, 6) is -0.135. The molecule has 1 fully saturated rings. The molecule has 1 aliphatic heterocycles. The van der Waals surface area contributed by atoms with Crippen LogP contribution < -0.4 is 0 Å². The van der Waals surface area contributed by atoms with Crippen molar-refractivity contribution in [3.63, 3.8) is 0 Å². The Balaban J connectivity index is 2.90. The summed E-state index contributed by atoms with van der Waals surface area (Å²) in [6.45, 7) is 6.29. The number of hydrogen-bond donors (Lipinski definition) is 1. The third-order valence-electron chi connectivity index (χ3n) is 3.80. The average molecular weight is 254 g/mol. The smallest absolute Gasteiger partial charge is 0.243 e. The van der Waals surface area contributed by atoms with E-state index in [4.69, 9.17) is 9.84 Å². The molecule has 0 bridgehead atoms. The molecular formula is C13H22N2O3. The first-order chi connectivity index (χ1) is 8.54. The van der Waals surface area contributed by atoms with Gasteiger partial charge in [0, 0.05) is 6.54 Å². The largest absolute Gasteiger partial charge is 0.394 e. The van der Waals surface area contributed by atoms with E-state index in [2.05, 4.69) is 6.07 Å². The fourth-order valence-corrected chi connectivity index (χ4v) is 2.24. The van der Waals surface area contributed by atoms with Crippen molar-refractivity contribution in [2.45, 2.75) is 45.8 Å². The van der Waals surface area contributed by atoms with Gasteiger partial charge in [-0.25, -0.2) is 0 Å². The molecule has 0 aromatic rings.